The average molecular weight is 461 g/mol. The molecule has 0 amide bonds. The molecule has 2 aromatic rings. The third-order valence-electron chi connectivity index (χ3n) is 5.39. The first-order valence-electron chi connectivity index (χ1n) is 11.8. The van der Waals surface area contributed by atoms with Crippen molar-refractivity contribution in [3.05, 3.63) is 59.7 Å². The Morgan fingerprint density at radius 3 is 1.27 bits per heavy atom. The number of aliphatic hydroxyl groups is 2. The Bertz CT molecular complexity index is 711. The topological polar surface area (TPSA) is 77.4 Å². The number of benzene rings is 2. The zero-order valence-corrected chi connectivity index (χ0v) is 20.6. The molecular weight excluding hydrogens is 420 g/mol. The van der Waals surface area contributed by atoms with E-state index in [1.54, 1.807) is 0 Å². The molecule has 0 saturated carbocycles. The summed E-state index contributed by atoms with van der Waals surface area (Å²) in [6, 6.07) is 16.4. The number of rotatable bonds is 15. The molecule has 0 saturated heterocycles. The Balaban J connectivity index is 1.93. The fourth-order valence-corrected chi connectivity index (χ4v) is 3.46. The molecule has 6 heteroatoms. The van der Waals surface area contributed by atoms with Gasteiger partial charge in [0.2, 0.25) is 0 Å². The van der Waals surface area contributed by atoms with Crippen LogP contribution in [0.3, 0.4) is 0 Å². The quantitative estimate of drug-likeness (QED) is 0.406. The van der Waals surface area contributed by atoms with Crippen molar-refractivity contribution in [2.45, 2.75) is 71.4 Å². The molecule has 0 aliphatic heterocycles. The summed E-state index contributed by atoms with van der Waals surface area (Å²) in [7, 11) is 0. The molecule has 184 valence electrons. The first kappa shape index (κ1) is 27.1. The van der Waals surface area contributed by atoms with Crippen molar-refractivity contribution < 1.29 is 29.2 Å². The minimum absolute atomic E-state index is 0.00424. The standard InChI is InChI=1S/C27H40O6/c1-6-27(23-7-11-25(12-8-23)32-21(4)17-30-19(2)15-28)24-9-13-26(14-10-24)33-22(5)18-31-20(3)16-29/h7-14,19-22,27-29H,6,15-18H2,1-5H3. The summed E-state index contributed by atoms with van der Waals surface area (Å²) in [5.74, 6) is 1.89. The van der Waals surface area contributed by atoms with E-state index in [2.05, 4.69) is 31.2 Å². The van der Waals surface area contributed by atoms with Crippen LogP contribution in [0.25, 0.3) is 0 Å². The van der Waals surface area contributed by atoms with Crippen LogP contribution in [0.1, 0.15) is 58.1 Å². The van der Waals surface area contributed by atoms with Gasteiger partial charge in [0.25, 0.3) is 0 Å². The smallest absolute Gasteiger partial charge is 0.119 e. The Hall–Kier alpha value is -2.12. The van der Waals surface area contributed by atoms with Crippen LogP contribution in [-0.4, -0.2) is 61.1 Å². The molecule has 0 aliphatic rings. The van der Waals surface area contributed by atoms with Crippen LogP contribution in [-0.2, 0) is 9.47 Å². The van der Waals surface area contributed by atoms with Gasteiger partial charge in [-0.3, -0.25) is 0 Å². The second-order valence-electron chi connectivity index (χ2n) is 8.61. The van der Waals surface area contributed by atoms with Crippen LogP contribution in [0.5, 0.6) is 11.5 Å². The van der Waals surface area contributed by atoms with Gasteiger partial charge >= 0.3 is 0 Å². The molecule has 0 aliphatic carbocycles. The molecule has 2 aromatic carbocycles. The maximum Gasteiger partial charge on any atom is 0.119 e. The third-order valence-corrected chi connectivity index (χ3v) is 5.39. The molecule has 4 unspecified atom stereocenters. The lowest BCUT2D eigenvalue weighted by atomic mass is 9.89. The highest BCUT2D eigenvalue weighted by molar-refractivity contribution is 5.38. The first-order chi connectivity index (χ1) is 15.9. The predicted octanol–water partition coefficient (Wildman–Crippen LogP) is 4.56. The Morgan fingerprint density at radius 2 is 0.970 bits per heavy atom. The van der Waals surface area contributed by atoms with Crippen molar-refractivity contribution in [2.75, 3.05) is 26.4 Å². The van der Waals surface area contributed by atoms with Crippen molar-refractivity contribution in [3.8, 4) is 11.5 Å². The molecule has 0 heterocycles. The van der Waals surface area contributed by atoms with Crippen LogP contribution >= 0.6 is 0 Å². The number of ether oxygens (including phenoxy) is 4. The first-order valence-corrected chi connectivity index (χ1v) is 11.8. The average Bonchev–Trinajstić information content (AvgIpc) is 2.83. The van der Waals surface area contributed by atoms with Gasteiger partial charge in [-0.25, -0.2) is 0 Å². The lowest BCUT2D eigenvalue weighted by molar-refractivity contribution is -0.0110. The van der Waals surface area contributed by atoms with Gasteiger partial charge in [-0.15, -0.1) is 0 Å². The summed E-state index contributed by atoms with van der Waals surface area (Å²) < 4.78 is 22.9. The van der Waals surface area contributed by atoms with E-state index in [0.717, 1.165) is 17.9 Å². The maximum atomic E-state index is 9.05. The van der Waals surface area contributed by atoms with Gasteiger partial charge in [0.05, 0.1) is 38.6 Å². The van der Waals surface area contributed by atoms with E-state index in [9.17, 15) is 0 Å². The van der Waals surface area contributed by atoms with Gasteiger partial charge in [0, 0.05) is 5.92 Å². The molecule has 0 bridgehead atoms. The highest BCUT2D eigenvalue weighted by Crippen LogP contribution is 2.30. The van der Waals surface area contributed by atoms with E-state index in [-0.39, 0.29) is 43.5 Å². The zero-order chi connectivity index (χ0) is 24.2. The zero-order valence-electron chi connectivity index (χ0n) is 20.6. The molecule has 0 fully saturated rings. The lowest BCUT2D eigenvalue weighted by Crippen LogP contribution is -2.24. The summed E-state index contributed by atoms with van der Waals surface area (Å²) in [6.45, 7) is 10.6. The van der Waals surface area contributed by atoms with Crippen molar-refractivity contribution in [3.63, 3.8) is 0 Å². The molecule has 2 N–H and O–H groups in total. The maximum absolute atomic E-state index is 9.05. The Labute approximate surface area is 198 Å². The summed E-state index contributed by atoms with van der Waals surface area (Å²) >= 11 is 0. The normalized spacial score (nSPS) is 16.0. The molecule has 0 radical (unpaired) electrons. The Kier molecular flexibility index (Phi) is 11.7. The fraction of sp³-hybridized carbons (Fsp3) is 0.556. The third kappa shape index (κ3) is 9.33. The van der Waals surface area contributed by atoms with Gasteiger partial charge in [0.15, 0.2) is 0 Å². The molecule has 6 nitrogen and oxygen atoms in total. The van der Waals surface area contributed by atoms with Crippen LogP contribution in [0.4, 0.5) is 0 Å². The van der Waals surface area contributed by atoms with Crippen LogP contribution in [0.2, 0.25) is 0 Å². The molecule has 0 aromatic heterocycles. The van der Waals surface area contributed by atoms with Gasteiger partial charge in [-0.2, -0.15) is 0 Å². The van der Waals surface area contributed by atoms with E-state index >= 15 is 0 Å². The van der Waals surface area contributed by atoms with E-state index in [4.69, 9.17) is 29.2 Å². The second-order valence-corrected chi connectivity index (χ2v) is 8.61. The highest BCUT2D eigenvalue weighted by atomic mass is 16.5. The predicted molar refractivity (Wildman–Crippen MR) is 130 cm³/mol. The SMILES string of the molecule is CCC(c1ccc(OC(C)COC(C)CO)cc1)c1ccc(OC(C)COC(C)CO)cc1. The van der Waals surface area contributed by atoms with Crippen LogP contribution < -0.4 is 9.47 Å². The van der Waals surface area contributed by atoms with Crippen molar-refractivity contribution >= 4 is 0 Å². The van der Waals surface area contributed by atoms with Crippen molar-refractivity contribution in [1.82, 2.24) is 0 Å². The second kappa shape index (κ2) is 14.2. The monoisotopic (exact) mass is 460 g/mol. The summed E-state index contributed by atoms with van der Waals surface area (Å²) in [6.07, 6.45) is 0.407. The van der Waals surface area contributed by atoms with Gasteiger partial charge < -0.3 is 29.2 Å². The van der Waals surface area contributed by atoms with Crippen molar-refractivity contribution in [1.29, 1.82) is 0 Å². The van der Waals surface area contributed by atoms with Crippen LogP contribution in [0, 0.1) is 0 Å². The van der Waals surface area contributed by atoms with Gasteiger partial charge in [-0.1, -0.05) is 31.2 Å². The van der Waals surface area contributed by atoms with E-state index in [1.807, 2.05) is 52.0 Å². The number of hydrogen-bond donors (Lipinski definition) is 2. The minimum Gasteiger partial charge on any atom is -0.488 e. The van der Waals surface area contributed by atoms with Crippen LogP contribution in [0.15, 0.2) is 48.5 Å². The van der Waals surface area contributed by atoms with E-state index < -0.39 is 0 Å². The fourth-order valence-electron chi connectivity index (χ4n) is 3.46. The summed E-state index contributed by atoms with van der Waals surface area (Å²) in [4.78, 5) is 0. The summed E-state index contributed by atoms with van der Waals surface area (Å²) in [5.41, 5.74) is 2.46. The molecule has 4 atom stereocenters. The van der Waals surface area contributed by atoms with Crippen molar-refractivity contribution in [2.24, 2.45) is 0 Å². The molecule has 0 spiro atoms. The Morgan fingerprint density at radius 1 is 0.606 bits per heavy atom. The van der Waals surface area contributed by atoms with E-state index in [0.29, 0.717) is 13.2 Å². The largest absolute Gasteiger partial charge is 0.488 e. The lowest BCUT2D eigenvalue weighted by Gasteiger charge is -2.20. The summed E-state index contributed by atoms with van der Waals surface area (Å²) in [5, 5.41) is 18.1. The van der Waals surface area contributed by atoms with E-state index in [1.165, 1.54) is 11.1 Å². The van der Waals surface area contributed by atoms with Gasteiger partial charge in [-0.05, 0) is 69.5 Å². The molecular formula is C27H40O6. The number of hydrogen-bond acceptors (Lipinski definition) is 6. The minimum atomic E-state index is -0.188. The highest BCUT2D eigenvalue weighted by Gasteiger charge is 2.14. The van der Waals surface area contributed by atoms with Gasteiger partial charge in [0.1, 0.15) is 23.7 Å². The molecule has 33 heavy (non-hydrogen) atoms. The number of aliphatic hydroxyl groups excluding tert-OH is 2. The molecule has 2 rings (SSSR count).